The van der Waals surface area contributed by atoms with Gasteiger partial charge in [-0.1, -0.05) is 6.07 Å². The van der Waals surface area contributed by atoms with Crippen molar-refractivity contribution < 1.29 is 18.4 Å². The summed E-state index contributed by atoms with van der Waals surface area (Å²) in [6.45, 7) is 1.39. The molecule has 1 aliphatic heterocycles. The zero-order valence-corrected chi connectivity index (χ0v) is 12.8. The maximum Gasteiger partial charge on any atom is 0.272 e. The first-order valence-electron chi connectivity index (χ1n) is 7.51. The summed E-state index contributed by atoms with van der Waals surface area (Å²) in [6, 6.07) is 8.19. The van der Waals surface area contributed by atoms with Crippen LogP contribution in [0.2, 0.25) is 0 Å². The van der Waals surface area contributed by atoms with Gasteiger partial charge in [0.05, 0.1) is 0 Å². The highest BCUT2D eigenvalue weighted by Crippen LogP contribution is 2.14. The monoisotopic (exact) mass is 331 g/mol. The van der Waals surface area contributed by atoms with E-state index in [4.69, 9.17) is 0 Å². The molecule has 24 heavy (non-hydrogen) atoms. The van der Waals surface area contributed by atoms with E-state index in [0.717, 1.165) is 12.1 Å². The number of benzene rings is 1. The van der Waals surface area contributed by atoms with Gasteiger partial charge in [0.2, 0.25) is 0 Å². The Morgan fingerprint density at radius 3 is 2.12 bits per heavy atom. The zero-order valence-electron chi connectivity index (χ0n) is 12.8. The summed E-state index contributed by atoms with van der Waals surface area (Å²) in [5.74, 6) is -2.60. The van der Waals surface area contributed by atoms with E-state index in [-0.39, 0.29) is 17.4 Å². The third kappa shape index (κ3) is 3.24. The molecule has 0 spiro atoms. The molecule has 0 radical (unpaired) electrons. The number of rotatable bonds is 2. The molecule has 1 aromatic carbocycles. The SMILES string of the molecule is O=C(c1ccc(F)c(F)c1)N1CCN(C(=O)c2ccccn2)CC1. The molecule has 0 saturated carbocycles. The van der Waals surface area contributed by atoms with Gasteiger partial charge >= 0.3 is 0 Å². The molecule has 1 saturated heterocycles. The molecular formula is C17H15F2N3O2. The number of amides is 2. The zero-order chi connectivity index (χ0) is 17.1. The summed E-state index contributed by atoms with van der Waals surface area (Å²) in [4.78, 5) is 31.8. The molecule has 124 valence electrons. The Balaban J connectivity index is 1.63. The molecule has 1 aromatic heterocycles. The fourth-order valence-electron chi connectivity index (χ4n) is 2.58. The van der Waals surface area contributed by atoms with Crippen LogP contribution in [0, 0.1) is 11.6 Å². The number of halogens is 2. The number of nitrogens with zero attached hydrogens (tertiary/aromatic N) is 3. The number of aromatic nitrogens is 1. The quantitative estimate of drug-likeness (QED) is 0.845. The van der Waals surface area contributed by atoms with Gasteiger partial charge in [0, 0.05) is 37.9 Å². The topological polar surface area (TPSA) is 53.5 Å². The number of piperazine rings is 1. The molecule has 0 unspecified atom stereocenters. The van der Waals surface area contributed by atoms with Crippen LogP contribution in [0.4, 0.5) is 8.78 Å². The van der Waals surface area contributed by atoms with E-state index < -0.39 is 11.6 Å². The molecule has 2 amide bonds. The van der Waals surface area contributed by atoms with Crippen molar-refractivity contribution in [2.24, 2.45) is 0 Å². The minimum absolute atomic E-state index is 0.0957. The van der Waals surface area contributed by atoms with Crippen molar-refractivity contribution in [3.05, 3.63) is 65.5 Å². The first-order valence-corrected chi connectivity index (χ1v) is 7.51. The normalized spacial score (nSPS) is 14.6. The van der Waals surface area contributed by atoms with Gasteiger partial charge < -0.3 is 9.80 Å². The minimum Gasteiger partial charge on any atom is -0.335 e. The van der Waals surface area contributed by atoms with Crippen LogP contribution in [0.3, 0.4) is 0 Å². The van der Waals surface area contributed by atoms with E-state index in [0.29, 0.717) is 31.9 Å². The third-order valence-electron chi connectivity index (χ3n) is 3.90. The van der Waals surface area contributed by atoms with Crippen molar-refractivity contribution >= 4 is 11.8 Å². The van der Waals surface area contributed by atoms with Crippen LogP contribution >= 0.6 is 0 Å². The van der Waals surface area contributed by atoms with E-state index in [2.05, 4.69) is 4.98 Å². The highest BCUT2D eigenvalue weighted by molar-refractivity contribution is 5.95. The highest BCUT2D eigenvalue weighted by Gasteiger charge is 2.26. The average molecular weight is 331 g/mol. The summed E-state index contributed by atoms with van der Waals surface area (Å²) in [5, 5.41) is 0. The van der Waals surface area contributed by atoms with Gasteiger partial charge in [-0.2, -0.15) is 0 Å². The average Bonchev–Trinajstić information content (AvgIpc) is 2.63. The van der Waals surface area contributed by atoms with Crippen molar-refractivity contribution in [2.45, 2.75) is 0 Å². The van der Waals surface area contributed by atoms with Crippen LogP contribution in [0.25, 0.3) is 0 Å². The van der Waals surface area contributed by atoms with E-state index in [1.807, 2.05) is 0 Å². The van der Waals surface area contributed by atoms with Crippen molar-refractivity contribution in [3.63, 3.8) is 0 Å². The number of pyridine rings is 1. The van der Waals surface area contributed by atoms with Crippen LogP contribution in [-0.2, 0) is 0 Å². The van der Waals surface area contributed by atoms with Crippen molar-refractivity contribution in [3.8, 4) is 0 Å². The maximum absolute atomic E-state index is 13.3. The first kappa shape index (κ1) is 16.0. The van der Waals surface area contributed by atoms with Crippen molar-refractivity contribution in [1.82, 2.24) is 14.8 Å². The maximum atomic E-state index is 13.3. The van der Waals surface area contributed by atoms with Gasteiger partial charge in [0.25, 0.3) is 11.8 Å². The Morgan fingerprint density at radius 1 is 0.875 bits per heavy atom. The summed E-state index contributed by atoms with van der Waals surface area (Å²) >= 11 is 0. The second-order valence-electron chi connectivity index (χ2n) is 5.43. The molecule has 0 N–H and O–H groups in total. The Kier molecular flexibility index (Phi) is 4.50. The van der Waals surface area contributed by atoms with Crippen molar-refractivity contribution in [1.29, 1.82) is 0 Å². The molecule has 3 rings (SSSR count). The molecule has 2 aromatic rings. The Labute approximate surface area is 137 Å². The van der Waals surface area contributed by atoms with E-state index in [1.165, 1.54) is 11.0 Å². The minimum atomic E-state index is -1.05. The number of carbonyl (C=O) groups excluding carboxylic acids is 2. The van der Waals surface area contributed by atoms with Crippen LogP contribution < -0.4 is 0 Å². The highest BCUT2D eigenvalue weighted by atomic mass is 19.2. The number of hydrogen-bond donors (Lipinski definition) is 0. The standard InChI is InChI=1S/C17H15F2N3O2/c18-13-5-4-12(11-14(13)19)16(23)21-7-9-22(10-8-21)17(24)15-3-1-2-6-20-15/h1-6,11H,7-10H2. The van der Waals surface area contributed by atoms with Crippen LogP contribution in [-0.4, -0.2) is 52.8 Å². The largest absolute Gasteiger partial charge is 0.335 e. The molecular weight excluding hydrogens is 316 g/mol. The molecule has 2 heterocycles. The molecule has 0 bridgehead atoms. The van der Waals surface area contributed by atoms with Crippen LogP contribution in [0.15, 0.2) is 42.6 Å². The lowest BCUT2D eigenvalue weighted by molar-refractivity contribution is 0.0532. The van der Waals surface area contributed by atoms with Gasteiger partial charge in [0.1, 0.15) is 5.69 Å². The second kappa shape index (κ2) is 6.74. The summed E-state index contributed by atoms with van der Waals surface area (Å²) < 4.78 is 26.2. The van der Waals surface area contributed by atoms with Gasteiger partial charge in [-0.25, -0.2) is 8.78 Å². The molecule has 1 fully saturated rings. The van der Waals surface area contributed by atoms with Crippen molar-refractivity contribution in [2.75, 3.05) is 26.2 Å². The van der Waals surface area contributed by atoms with E-state index in [1.54, 1.807) is 29.3 Å². The van der Waals surface area contributed by atoms with Crippen LogP contribution in [0.5, 0.6) is 0 Å². The van der Waals surface area contributed by atoms with Gasteiger partial charge in [-0.15, -0.1) is 0 Å². The third-order valence-corrected chi connectivity index (χ3v) is 3.90. The lowest BCUT2D eigenvalue weighted by Gasteiger charge is -2.34. The first-order chi connectivity index (χ1) is 11.6. The Bertz CT molecular complexity index is 760. The molecule has 1 aliphatic rings. The van der Waals surface area contributed by atoms with E-state index in [9.17, 15) is 18.4 Å². The second-order valence-corrected chi connectivity index (χ2v) is 5.43. The summed E-state index contributed by atoms with van der Waals surface area (Å²) in [5.41, 5.74) is 0.455. The predicted molar refractivity (Wildman–Crippen MR) is 82.4 cm³/mol. The van der Waals surface area contributed by atoms with E-state index >= 15 is 0 Å². The fourth-order valence-corrected chi connectivity index (χ4v) is 2.58. The van der Waals surface area contributed by atoms with Gasteiger partial charge in [-0.3, -0.25) is 14.6 Å². The van der Waals surface area contributed by atoms with Gasteiger partial charge in [-0.05, 0) is 30.3 Å². The summed E-state index contributed by atoms with van der Waals surface area (Å²) in [7, 11) is 0. The Hall–Kier alpha value is -2.83. The summed E-state index contributed by atoms with van der Waals surface area (Å²) in [6.07, 6.45) is 1.55. The predicted octanol–water partition coefficient (Wildman–Crippen LogP) is 1.96. The fraction of sp³-hybridized carbons (Fsp3) is 0.235. The molecule has 5 nitrogen and oxygen atoms in total. The number of hydrogen-bond acceptors (Lipinski definition) is 3. The molecule has 7 heteroatoms. The number of carbonyl (C=O) groups is 2. The van der Waals surface area contributed by atoms with Crippen LogP contribution in [0.1, 0.15) is 20.8 Å². The molecule has 0 aliphatic carbocycles. The smallest absolute Gasteiger partial charge is 0.272 e. The lowest BCUT2D eigenvalue weighted by Crippen LogP contribution is -2.50. The van der Waals surface area contributed by atoms with Gasteiger partial charge in [0.15, 0.2) is 11.6 Å². The molecule has 0 atom stereocenters. The Morgan fingerprint density at radius 2 is 1.54 bits per heavy atom. The lowest BCUT2D eigenvalue weighted by atomic mass is 10.1.